The van der Waals surface area contributed by atoms with Gasteiger partial charge in [-0.2, -0.15) is 0 Å². The quantitative estimate of drug-likeness (QED) is 0.551. The van der Waals surface area contributed by atoms with Crippen molar-refractivity contribution >= 4 is 23.4 Å². The van der Waals surface area contributed by atoms with Crippen molar-refractivity contribution in [3.63, 3.8) is 0 Å². The molecule has 1 heterocycles. The van der Waals surface area contributed by atoms with Crippen molar-refractivity contribution in [2.24, 2.45) is 0 Å². The minimum atomic E-state index is -0.928. The summed E-state index contributed by atoms with van der Waals surface area (Å²) >= 11 is 0. The van der Waals surface area contributed by atoms with E-state index in [1.165, 1.54) is 35.2 Å². The Morgan fingerprint density at radius 3 is 2.34 bits per heavy atom. The molecule has 1 aliphatic rings. The van der Waals surface area contributed by atoms with Crippen LogP contribution in [0.25, 0.3) is 0 Å². The molecule has 6 heteroatoms. The highest BCUT2D eigenvalue weighted by atomic mass is 19.1. The average molecular weight is 394 g/mol. The van der Waals surface area contributed by atoms with Crippen molar-refractivity contribution in [2.45, 2.75) is 32.2 Å². The standard InChI is InChI=1S/C23H23FN2O3/c1-4-13-25(22(28)17-5-9-18(24)10-6-17)20-14-21(27)26(23(20)29)19-11-7-16(8-12-19)15(2)3/h4-12,15,20H,1,13-14H2,2-3H3. The van der Waals surface area contributed by atoms with Gasteiger partial charge in [0, 0.05) is 12.1 Å². The fourth-order valence-corrected chi connectivity index (χ4v) is 3.39. The average Bonchev–Trinajstić information content (AvgIpc) is 3.00. The summed E-state index contributed by atoms with van der Waals surface area (Å²) in [6.07, 6.45) is 1.39. The second-order valence-electron chi connectivity index (χ2n) is 7.29. The third kappa shape index (κ3) is 4.11. The van der Waals surface area contributed by atoms with Gasteiger partial charge in [0.15, 0.2) is 0 Å². The van der Waals surface area contributed by atoms with Crippen LogP contribution >= 0.6 is 0 Å². The number of hydrogen-bond acceptors (Lipinski definition) is 3. The second kappa shape index (κ2) is 8.39. The number of hydrogen-bond donors (Lipinski definition) is 0. The first-order valence-corrected chi connectivity index (χ1v) is 9.47. The minimum absolute atomic E-state index is 0.0972. The Kier molecular flexibility index (Phi) is 5.92. The number of rotatable bonds is 6. The lowest BCUT2D eigenvalue weighted by molar-refractivity contribution is -0.122. The molecule has 0 aromatic heterocycles. The maximum atomic E-state index is 13.2. The largest absolute Gasteiger partial charge is 0.322 e. The number of imide groups is 1. The fraction of sp³-hybridized carbons (Fsp3) is 0.261. The number of carbonyl (C=O) groups excluding carboxylic acids is 3. The Morgan fingerprint density at radius 2 is 1.79 bits per heavy atom. The third-order valence-electron chi connectivity index (χ3n) is 4.99. The van der Waals surface area contributed by atoms with Crippen molar-refractivity contribution in [3.05, 3.63) is 78.1 Å². The van der Waals surface area contributed by atoms with Crippen molar-refractivity contribution in [2.75, 3.05) is 11.4 Å². The van der Waals surface area contributed by atoms with Crippen LogP contribution in [0.5, 0.6) is 0 Å². The van der Waals surface area contributed by atoms with E-state index in [2.05, 4.69) is 20.4 Å². The van der Waals surface area contributed by atoms with Crippen molar-refractivity contribution in [3.8, 4) is 0 Å². The normalized spacial score (nSPS) is 16.4. The molecule has 0 bridgehead atoms. The Labute approximate surface area is 169 Å². The summed E-state index contributed by atoms with van der Waals surface area (Å²) in [5.74, 6) is -1.39. The predicted octanol–water partition coefficient (Wildman–Crippen LogP) is 3.91. The van der Waals surface area contributed by atoms with Gasteiger partial charge in [-0.15, -0.1) is 6.58 Å². The summed E-state index contributed by atoms with van der Waals surface area (Å²) in [4.78, 5) is 41.0. The molecular weight excluding hydrogens is 371 g/mol. The lowest BCUT2D eigenvalue weighted by atomic mass is 10.0. The minimum Gasteiger partial charge on any atom is -0.322 e. The van der Waals surface area contributed by atoms with E-state index in [1.54, 1.807) is 12.1 Å². The van der Waals surface area contributed by atoms with Crippen LogP contribution in [0.2, 0.25) is 0 Å². The molecule has 150 valence electrons. The molecule has 0 radical (unpaired) electrons. The van der Waals surface area contributed by atoms with Gasteiger partial charge in [-0.1, -0.05) is 32.1 Å². The van der Waals surface area contributed by atoms with E-state index in [0.717, 1.165) is 10.5 Å². The molecule has 0 aliphatic carbocycles. The van der Waals surface area contributed by atoms with Crippen LogP contribution in [-0.4, -0.2) is 35.2 Å². The summed E-state index contributed by atoms with van der Waals surface area (Å²) in [6.45, 7) is 7.86. The van der Waals surface area contributed by atoms with Gasteiger partial charge in [0.1, 0.15) is 11.9 Å². The van der Waals surface area contributed by atoms with Crippen LogP contribution < -0.4 is 4.90 Å². The lowest BCUT2D eigenvalue weighted by Crippen LogP contribution is -2.45. The number of carbonyl (C=O) groups is 3. The molecule has 3 amide bonds. The summed E-state index contributed by atoms with van der Waals surface area (Å²) < 4.78 is 13.2. The molecule has 0 spiro atoms. The molecular formula is C23H23FN2O3. The molecule has 0 saturated carbocycles. The molecule has 1 unspecified atom stereocenters. The first kappa shape index (κ1) is 20.5. The first-order valence-electron chi connectivity index (χ1n) is 9.47. The van der Waals surface area contributed by atoms with E-state index < -0.39 is 23.7 Å². The summed E-state index contributed by atoms with van der Waals surface area (Å²) in [7, 11) is 0. The highest BCUT2D eigenvalue weighted by Gasteiger charge is 2.44. The van der Waals surface area contributed by atoms with Gasteiger partial charge in [0.25, 0.3) is 11.8 Å². The summed E-state index contributed by atoms with van der Waals surface area (Å²) in [6, 6.07) is 11.4. The molecule has 1 aliphatic heterocycles. The predicted molar refractivity (Wildman–Crippen MR) is 109 cm³/mol. The van der Waals surface area contributed by atoms with E-state index in [1.807, 2.05) is 12.1 Å². The van der Waals surface area contributed by atoms with E-state index in [-0.39, 0.29) is 24.4 Å². The highest BCUT2D eigenvalue weighted by molar-refractivity contribution is 6.23. The zero-order valence-corrected chi connectivity index (χ0v) is 16.5. The smallest absolute Gasteiger partial charge is 0.257 e. The van der Waals surface area contributed by atoms with E-state index in [4.69, 9.17) is 0 Å². The third-order valence-corrected chi connectivity index (χ3v) is 4.99. The Balaban J connectivity index is 1.87. The van der Waals surface area contributed by atoms with Crippen molar-refractivity contribution in [1.29, 1.82) is 0 Å². The van der Waals surface area contributed by atoms with Gasteiger partial charge >= 0.3 is 0 Å². The molecule has 1 fully saturated rings. The molecule has 3 rings (SSSR count). The Morgan fingerprint density at radius 1 is 1.17 bits per heavy atom. The maximum Gasteiger partial charge on any atom is 0.257 e. The first-order chi connectivity index (χ1) is 13.8. The molecule has 1 saturated heterocycles. The monoisotopic (exact) mass is 394 g/mol. The van der Waals surface area contributed by atoms with Gasteiger partial charge in [0.05, 0.1) is 12.1 Å². The number of anilines is 1. The topological polar surface area (TPSA) is 57.7 Å². The molecule has 2 aromatic carbocycles. The molecule has 2 aromatic rings. The van der Waals surface area contributed by atoms with Crippen LogP contribution in [0.1, 0.15) is 42.1 Å². The fourth-order valence-electron chi connectivity index (χ4n) is 3.39. The summed E-state index contributed by atoms with van der Waals surface area (Å²) in [5.41, 5.74) is 1.83. The van der Waals surface area contributed by atoms with Crippen molar-refractivity contribution < 1.29 is 18.8 Å². The zero-order valence-electron chi connectivity index (χ0n) is 16.5. The van der Waals surface area contributed by atoms with Crippen LogP contribution in [-0.2, 0) is 9.59 Å². The highest BCUT2D eigenvalue weighted by Crippen LogP contribution is 2.28. The molecule has 29 heavy (non-hydrogen) atoms. The van der Waals surface area contributed by atoms with Gasteiger partial charge < -0.3 is 4.90 Å². The second-order valence-corrected chi connectivity index (χ2v) is 7.29. The van der Waals surface area contributed by atoms with Crippen LogP contribution in [0.4, 0.5) is 10.1 Å². The van der Waals surface area contributed by atoms with E-state index in [9.17, 15) is 18.8 Å². The van der Waals surface area contributed by atoms with Gasteiger partial charge in [-0.3, -0.25) is 14.4 Å². The molecule has 5 nitrogen and oxygen atoms in total. The number of amides is 3. The Bertz CT molecular complexity index is 936. The van der Waals surface area contributed by atoms with Gasteiger partial charge in [-0.25, -0.2) is 9.29 Å². The van der Waals surface area contributed by atoms with Crippen LogP contribution in [0, 0.1) is 5.82 Å². The van der Waals surface area contributed by atoms with E-state index >= 15 is 0 Å². The number of nitrogens with zero attached hydrogens (tertiary/aromatic N) is 2. The zero-order chi connectivity index (χ0) is 21.1. The van der Waals surface area contributed by atoms with Gasteiger partial charge in [0.2, 0.25) is 5.91 Å². The Hall–Kier alpha value is -3.28. The molecule has 0 N–H and O–H groups in total. The SMILES string of the molecule is C=CCN(C(=O)c1ccc(F)cc1)C1CC(=O)N(c2ccc(C(C)C)cc2)C1=O. The van der Waals surface area contributed by atoms with Crippen molar-refractivity contribution in [1.82, 2.24) is 4.90 Å². The summed E-state index contributed by atoms with van der Waals surface area (Å²) in [5, 5.41) is 0. The van der Waals surface area contributed by atoms with E-state index in [0.29, 0.717) is 11.6 Å². The maximum absolute atomic E-state index is 13.2. The number of halogens is 1. The van der Waals surface area contributed by atoms with Gasteiger partial charge in [-0.05, 0) is 47.9 Å². The van der Waals surface area contributed by atoms with Crippen LogP contribution in [0.15, 0.2) is 61.2 Å². The van der Waals surface area contributed by atoms with Crippen LogP contribution in [0.3, 0.4) is 0 Å². The number of benzene rings is 2. The molecule has 1 atom stereocenters. The lowest BCUT2D eigenvalue weighted by Gasteiger charge is -2.26.